The van der Waals surface area contributed by atoms with Crippen LogP contribution < -0.4 is 0 Å². The molecule has 22 heavy (non-hydrogen) atoms. The van der Waals surface area contributed by atoms with Crippen molar-refractivity contribution in [1.82, 2.24) is 19.7 Å². The predicted molar refractivity (Wildman–Crippen MR) is 88.7 cm³/mol. The van der Waals surface area contributed by atoms with Crippen LogP contribution in [0.15, 0.2) is 48.8 Å². The van der Waals surface area contributed by atoms with Gasteiger partial charge in [0.2, 0.25) is 0 Å². The first-order chi connectivity index (χ1) is 10.8. The zero-order valence-corrected chi connectivity index (χ0v) is 12.8. The first kappa shape index (κ1) is 13.5. The quantitative estimate of drug-likeness (QED) is 0.726. The Morgan fingerprint density at radius 2 is 1.82 bits per heavy atom. The third kappa shape index (κ3) is 2.29. The number of nitrogens with zero attached hydrogens (tertiary/aromatic N) is 4. The molecule has 1 aliphatic rings. The minimum absolute atomic E-state index is 0.485. The van der Waals surface area contributed by atoms with E-state index in [1.165, 1.54) is 5.52 Å². The van der Waals surface area contributed by atoms with Crippen molar-refractivity contribution in [2.45, 2.75) is 18.9 Å². The maximum atomic E-state index is 4.97. The molecule has 0 aliphatic carbocycles. The second-order valence-corrected chi connectivity index (χ2v) is 6.09. The van der Waals surface area contributed by atoms with Crippen molar-refractivity contribution in [3.63, 3.8) is 0 Å². The van der Waals surface area contributed by atoms with Crippen molar-refractivity contribution in [2.75, 3.05) is 20.1 Å². The van der Waals surface area contributed by atoms with Gasteiger partial charge in [0.15, 0.2) is 0 Å². The number of piperidine rings is 1. The fraction of sp³-hybridized carbons (Fsp3) is 0.333. The van der Waals surface area contributed by atoms with E-state index in [1.54, 1.807) is 0 Å². The number of benzene rings is 1. The number of hydrogen-bond acceptors (Lipinski definition) is 3. The van der Waals surface area contributed by atoms with Crippen LogP contribution in [0.25, 0.3) is 22.2 Å². The number of likely N-dealkylation sites (tertiary alicyclic amines) is 1. The highest BCUT2D eigenvalue weighted by atomic mass is 15.3. The molecule has 112 valence electrons. The Hall–Kier alpha value is -2.20. The second-order valence-electron chi connectivity index (χ2n) is 6.09. The molecular weight excluding hydrogens is 272 g/mol. The largest absolute Gasteiger partial charge is 0.306 e. The maximum Gasteiger partial charge on any atom is 0.102 e. The monoisotopic (exact) mass is 292 g/mol. The predicted octanol–water partition coefficient (Wildman–Crippen LogP) is 3.37. The molecule has 0 N–H and O–H groups in total. The molecule has 1 aromatic carbocycles. The van der Waals surface area contributed by atoms with Gasteiger partial charge in [0.05, 0.1) is 11.6 Å². The zero-order valence-electron chi connectivity index (χ0n) is 12.8. The lowest BCUT2D eigenvalue weighted by molar-refractivity contribution is 0.215. The van der Waals surface area contributed by atoms with Gasteiger partial charge in [-0.05, 0) is 39.0 Å². The highest BCUT2D eigenvalue weighted by molar-refractivity contribution is 5.92. The summed E-state index contributed by atoms with van der Waals surface area (Å²) >= 11 is 0. The first-order valence-electron chi connectivity index (χ1n) is 7.89. The molecule has 1 saturated heterocycles. The fourth-order valence-corrected chi connectivity index (χ4v) is 3.31. The zero-order chi connectivity index (χ0) is 14.9. The van der Waals surface area contributed by atoms with Crippen LogP contribution in [-0.2, 0) is 0 Å². The van der Waals surface area contributed by atoms with Crippen LogP contribution in [0.1, 0.15) is 18.9 Å². The van der Waals surface area contributed by atoms with Crippen LogP contribution in [0.5, 0.6) is 0 Å². The minimum atomic E-state index is 0.485. The van der Waals surface area contributed by atoms with Crippen LogP contribution in [0.3, 0.4) is 0 Å². The summed E-state index contributed by atoms with van der Waals surface area (Å²) in [4.78, 5) is 6.70. The number of pyridine rings is 1. The molecule has 4 nitrogen and oxygen atoms in total. The molecule has 3 heterocycles. The Balaban J connectivity index is 1.83. The molecule has 1 aliphatic heterocycles. The normalized spacial score (nSPS) is 17.1. The second kappa shape index (κ2) is 5.54. The summed E-state index contributed by atoms with van der Waals surface area (Å²) < 4.78 is 2.23. The van der Waals surface area contributed by atoms with Gasteiger partial charge in [-0.3, -0.25) is 9.67 Å². The van der Waals surface area contributed by atoms with Crippen LogP contribution in [0.2, 0.25) is 0 Å². The smallest absolute Gasteiger partial charge is 0.102 e. The van der Waals surface area contributed by atoms with Crippen molar-refractivity contribution >= 4 is 10.9 Å². The van der Waals surface area contributed by atoms with Crippen molar-refractivity contribution in [1.29, 1.82) is 0 Å². The average Bonchev–Trinajstić information content (AvgIpc) is 2.96. The Kier molecular flexibility index (Phi) is 3.39. The van der Waals surface area contributed by atoms with Crippen molar-refractivity contribution in [3.05, 3.63) is 48.8 Å². The molecule has 0 bridgehead atoms. The van der Waals surface area contributed by atoms with E-state index in [4.69, 9.17) is 5.10 Å². The van der Waals surface area contributed by atoms with E-state index in [0.29, 0.717) is 6.04 Å². The number of aromatic nitrogens is 3. The fourth-order valence-electron chi connectivity index (χ4n) is 3.31. The Bertz CT molecular complexity index is 770. The van der Waals surface area contributed by atoms with Gasteiger partial charge in [0.25, 0.3) is 0 Å². The molecule has 0 radical (unpaired) electrons. The summed E-state index contributed by atoms with van der Waals surface area (Å²) in [7, 11) is 2.19. The van der Waals surface area contributed by atoms with E-state index in [9.17, 15) is 0 Å². The van der Waals surface area contributed by atoms with Gasteiger partial charge in [0.1, 0.15) is 5.69 Å². The molecular formula is C18H20N4. The number of hydrogen-bond donors (Lipinski definition) is 0. The van der Waals surface area contributed by atoms with Crippen molar-refractivity contribution < 1.29 is 0 Å². The van der Waals surface area contributed by atoms with Crippen LogP contribution >= 0.6 is 0 Å². The summed E-state index contributed by atoms with van der Waals surface area (Å²) in [5.74, 6) is 0. The molecule has 1 fully saturated rings. The van der Waals surface area contributed by atoms with Gasteiger partial charge in [-0.1, -0.05) is 30.3 Å². The lowest BCUT2D eigenvalue weighted by Gasteiger charge is -2.29. The van der Waals surface area contributed by atoms with Crippen LogP contribution in [0.4, 0.5) is 0 Å². The molecule has 3 aromatic rings. The van der Waals surface area contributed by atoms with Crippen LogP contribution in [0, 0.1) is 0 Å². The van der Waals surface area contributed by atoms with E-state index in [0.717, 1.165) is 42.6 Å². The van der Waals surface area contributed by atoms with Gasteiger partial charge >= 0.3 is 0 Å². The third-order valence-corrected chi connectivity index (χ3v) is 4.59. The molecule has 0 atom stereocenters. The maximum absolute atomic E-state index is 4.97. The first-order valence-corrected chi connectivity index (χ1v) is 7.89. The summed E-state index contributed by atoms with van der Waals surface area (Å²) in [6.45, 7) is 2.27. The lowest BCUT2D eigenvalue weighted by atomic mass is 10.1. The molecule has 0 unspecified atom stereocenters. The highest BCUT2D eigenvalue weighted by Crippen LogP contribution is 2.31. The van der Waals surface area contributed by atoms with Crippen molar-refractivity contribution in [2.24, 2.45) is 0 Å². The van der Waals surface area contributed by atoms with E-state index >= 15 is 0 Å². The molecule has 4 heteroatoms. The molecule has 0 amide bonds. The van der Waals surface area contributed by atoms with Gasteiger partial charge in [-0.15, -0.1) is 0 Å². The van der Waals surface area contributed by atoms with Gasteiger partial charge in [0, 0.05) is 23.3 Å². The third-order valence-electron chi connectivity index (χ3n) is 4.59. The van der Waals surface area contributed by atoms with Crippen LogP contribution in [-0.4, -0.2) is 39.8 Å². The van der Waals surface area contributed by atoms with Gasteiger partial charge in [-0.25, -0.2) is 0 Å². The molecule has 4 rings (SSSR count). The Labute approximate surface area is 130 Å². The summed E-state index contributed by atoms with van der Waals surface area (Å²) in [6, 6.07) is 13.0. The van der Waals surface area contributed by atoms with E-state index in [1.807, 2.05) is 18.5 Å². The van der Waals surface area contributed by atoms with E-state index in [-0.39, 0.29) is 0 Å². The van der Waals surface area contributed by atoms with Crippen molar-refractivity contribution in [3.8, 4) is 11.3 Å². The summed E-state index contributed by atoms with van der Waals surface area (Å²) in [5.41, 5.74) is 3.40. The molecule has 0 saturated carbocycles. The lowest BCUT2D eigenvalue weighted by Crippen LogP contribution is -2.31. The average molecular weight is 292 g/mol. The SMILES string of the molecule is CN1CCC(n2nc(-c3ccccc3)c3cnccc32)CC1. The minimum Gasteiger partial charge on any atom is -0.306 e. The topological polar surface area (TPSA) is 34.0 Å². The Morgan fingerprint density at radius 3 is 2.59 bits per heavy atom. The Morgan fingerprint density at radius 1 is 1.05 bits per heavy atom. The highest BCUT2D eigenvalue weighted by Gasteiger charge is 2.22. The summed E-state index contributed by atoms with van der Waals surface area (Å²) in [5, 5.41) is 6.11. The molecule has 2 aromatic heterocycles. The van der Waals surface area contributed by atoms with E-state index < -0.39 is 0 Å². The molecule has 0 spiro atoms. The standard InChI is InChI=1S/C18H20N4/c1-21-11-8-15(9-12-21)22-17-7-10-19-13-16(17)18(20-22)14-5-3-2-4-6-14/h2-7,10,13,15H,8-9,11-12H2,1H3. The summed E-state index contributed by atoms with van der Waals surface area (Å²) in [6.07, 6.45) is 6.12. The van der Waals surface area contributed by atoms with Gasteiger partial charge in [-0.2, -0.15) is 5.10 Å². The van der Waals surface area contributed by atoms with Gasteiger partial charge < -0.3 is 4.90 Å². The van der Waals surface area contributed by atoms with E-state index in [2.05, 4.69) is 51.9 Å². The number of rotatable bonds is 2. The number of fused-ring (bicyclic) bond motifs is 1.